The summed E-state index contributed by atoms with van der Waals surface area (Å²) in [6.45, 7) is 2.21. The van der Waals surface area contributed by atoms with Gasteiger partial charge in [-0.15, -0.1) is 0 Å². The Balaban J connectivity index is 1.82. The van der Waals surface area contributed by atoms with Gasteiger partial charge in [-0.2, -0.15) is 0 Å². The highest BCUT2D eigenvalue weighted by Crippen LogP contribution is 2.20. The van der Waals surface area contributed by atoms with Gasteiger partial charge in [0, 0.05) is 30.0 Å². The fourth-order valence-electron chi connectivity index (χ4n) is 2.34. The van der Waals surface area contributed by atoms with Crippen LogP contribution in [0.1, 0.15) is 44.3 Å². The number of nitrogens with one attached hydrogen (secondary N) is 2. The molecule has 0 unspecified atom stereocenters. The van der Waals surface area contributed by atoms with Gasteiger partial charge in [0.15, 0.2) is 0 Å². The summed E-state index contributed by atoms with van der Waals surface area (Å²) in [5.41, 5.74) is 7.16. The van der Waals surface area contributed by atoms with Crippen LogP contribution >= 0.6 is 0 Å². The van der Waals surface area contributed by atoms with Gasteiger partial charge in [-0.1, -0.05) is 0 Å². The van der Waals surface area contributed by atoms with Crippen molar-refractivity contribution in [3.8, 4) is 0 Å². The Morgan fingerprint density at radius 2 is 2.13 bits per heavy atom. The lowest BCUT2D eigenvalue weighted by molar-refractivity contribution is 0.320. The van der Waals surface area contributed by atoms with Crippen molar-refractivity contribution in [3.05, 3.63) is 24.0 Å². The van der Waals surface area contributed by atoms with Crippen LogP contribution in [0.5, 0.6) is 0 Å². The van der Waals surface area contributed by atoms with E-state index in [0.29, 0.717) is 18.1 Å². The van der Waals surface area contributed by atoms with E-state index in [4.69, 9.17) is 5.73 Å². The maximum Gasteiger partial charge on any atom is 0.0446 e. The molecule has 15 heavy (non-hydrogen) atoms. The summed E-state index contributed by atoms with van der Waals surface area (Å²) in [6, 6.07) is 5.67. The van der Waals surface area contributed by atoms with Crippen molar-refractivity contribution < 1.29 is 0 Å². The van der Waals surface area contributed by atoms with E-state index in [1.807, 2.05) is 12.3 Å². The number of hydrogen-bond donors (Lipinski definition) is 3. The fraction of sp³-hybridized carbons (Fsp3) is 0.667. The molecule has 0 bridgehead atoms. The van der Waals surface area contributed by atoms with Crippen LogP contribution in [0.2, 0.25) is 0 Å². The molecule has 0 spiro atoms. The number of rotatable bonds is 3. The van der Waals surface area contributed by atoms with E-state index in [2.05, 4.69) is 23.3 Å². The Hall–Kier alpha value is -0.800. The summed E-state index contributed by atoms with van der Waals surface area (Å²) in [6.07, 6.45) is 6.73. The highest BCUT2D eigenvalue weighted by atomic mass is 15.0. The average Bonchev–Trinajstić information content (AvgIpc) is 2.74. The van der Waals surface area contributed by atoms with Gasteiger partial charge in [0.25, 0.3) is 0 Å². The molecule has 0 radical (unpaired) electrons. The van der Waals surface area contributed by atoms with Crippen molar-refractivity contribution >= 4 is 0 Å². The molecular weight excluding hydrogens is 186 g/mol. The molecule has 0 aromatic carbocycles. The summed E-state index contributed by atoms with van der Waals surface area (Å²) >= 11 is 0. The van der Waals surface area contributed by atoms with E-state index in [1.165, 1.54) is 18.5 Å². The average molecular weight is 207 g/mol. The Labute approximate surface area is 91.4 Å². The highest BCUT2D eigenvalue weighted by molar-refractivity contribution is 5.08. The van der Waals surface area contributed by atoms with E-state index in [9.17, 15) is 0 Å². The molecule has 3 nitrogen and oxygen atoms in total. The van der Waals surface area contributed by atoms with E-state index in [1.54, 1.807) is 0 Å². The minimum absolute atomic E-state index is 0.416. The molecule has 1 fully saturated rings. The lowest BCUT2D eigenvalue weighted by Crippen LogP contribution is -2.38. The van der Waals surface area contributed by atoms with Crippen LogP contribution in [0.4, 0.5) is 0 Å². The van der Waals surface area contributed by atoms with Crippen molar-refractivity contribution in [2.45, 2.75) is 50.7 Å². The maximum atomic E-state index is 5.89. The normalized spacial score (nSPS) is 28.9. The number of hydrogen-bond acceptors (Lipinski definition) is 2. The number of aromatic nitrogens is 1. The quantitative estimate of drug-likeness (QED) is 0.709. The van der Waals surface area contributed by atoms with Crippen molar-refractivity contribution in [2.24, 2.45) is 5.73 Å². The Morgan fingerprint density at radius 1 is 1.40 bits per heavy atom. The molecule has 2 rings (SSSR count). The molecule has 1 atom stereocenters. The van der Waals surface area contributed by atoms with E-state index in [0.717, 1.165) is 12.8 Å². The Morgan fingerprint density at radius 3 is 2.73 bits per heavy atom. The summed E-state index contributed by atoms with van der Waals surface area (Å²) in [7, 11) is 0. The standard InChI is InChI=1S/C12H21N3/c1-9(12-3-2-8-14-12)15-11-6-4-10(13)5-7-11/h2-3,8-11,14-15H,4-7,13H2,1H3/t9-,10?,11?/m0/s1. The monoisotopic (exact) mass is 207 g/mol. The van der Waals surface area contributed by atoms with Crippen LogP contribution in [0.15, 0.2) is 18.3 Å². The summed E-state index contributed by atoms with van der Waals surface area (Å²) < 4.78 is 0. The summed E-state index contributed by atoms with van der Waals surface area (Å²) in [5, 5.41) is 3.65. The number of nitrogens with two attached hydrogens (primary N) is 1. The van der Waals surface area contributed by atoms with Gasteiger partial charge >= 0.3 is 0 Å². The molecule has 1 aliphatic rings. The zero-order valence-corrected chi connectivity index (χ0v) is 9.37. The van der Waals surface area contributed by atoms with Gasteiger partial charge < -0.3 is 16.0 Å². The van der Waals surface area contributed by atoms with Gasteiger partial charge in [-0.05, 0) is 44.7 Å². The largest absolute Gasteiger partial charge is 0.364 e. The van der Waals surface area contributed by atoms with Crippen LogP contribution in [0.25, 0.3) is 0 Å². The SMILES string of the molecule is C[C@H](NC1CCC(N)CC1)c1ccc[nH]1. The summed E-state index contributed by atoms with van der Waals surface area (Å²) in [5.74, 6) is 0. The third-order valence-electron chi connectivity index (χ3n) is 3.35. The van der Waals surface area contributed by atoms with Gasteiger partial charge in [-0.3, -0.25) is 0 Å². The third kappa shape index (κ3) is 2.83. The van der Waals surface area contributed by atoms with E-state index in [-0.39, 0.29) is 0 Å². The van der Waals surface area contributed by atoms with Crippen molar-refractivity contribution in [2.75, 3.05) is 0 Å². The first kappa shape index (κ1) is 10.7. The zero-order valence-electron chi connectivity index (χ0n) is 9.37. The molecule has 1 aliphatic carbocycles. The molecule has 0 aliphatic heterocycles. The molecule has 1 heterocycles. The van der Waals surface area contributed by atoms with Gasteiger partial charge in [-0.25, -0.2) is 0 Å². The van der Waals surface area contributed by atoms with Crippen LogP contribution in [-0.4, -0.2) is 17.1 Å². The Bertz CT molecular complexity index is 273. The highest BCUT2D eigenvalue weighted by Gasteiger charge is 2.20. The second-order valence-electron chi connectivity index (χ2n) is 4.63. The fourth-order valence-corrected chi connectivity index (χ4v) is 2.34. The van der Waals surface area contributed by atoms with E-state index < -0.39 is 0 Å². The van der Waals surface area contributed by atoms with Crippen LogP contribution in [0.3, 0.4) is 0 Å². The molecular formula is C12H21N3. The predicted octanol–water partition coefficient (Wildman–Crippen LogP) is 1.94. The third-order valence-corrected chi connectivity index (χ3v) is 3.35. The first-order valence-corrected chi connectivity index (χ1v) is 5.90. The van der Waals surface area contributed by atoms with Gasteiger partial charge in [0.05, 0.1) is 0 Å². The number of H-pyrrole nitrogens is 1. The molecule has 4 N–H and O–H groups in total. The molecule has 1 aromatic heterocycles. The molecule has 0 amide bonds. The van der Waals surface area contributed by atoms with Crippen molar-refractivity contribution in [1.82, 2.24) is 10.3 Å². The van der Waals surface area contributed by atoms with Gasteiger partial charge in [0.1, 0.15) is 0 Å². The second-order valence-corrected chi connectivity index (χ2v) is 4.63. The smallest absolute Gasteiger partial charge is 0.0446 e. The topological polar surface area (TPSA) is 53.8 Å². The number of aromatic amines is 1. The molecule has 3 heteroatoms. The molecule has 0 saturated heterocycles. The molecule has 1 aromatic rings. The minimum Gasteiger partial charge on any atom is -0.364 e. The minimum atomic E-state index is 0.416. The Kier molecular flexibility index (Phi) is 3.44. The summed E-state index contributed by atoms with van der Waals surface area (Å²) in [4.78, 5) is 3.25. The van der Waals surface area contributed by atoms with E-state index >= 15 is 0 Å². The lowest BCUT2D eigenvalue weighted by Gasteiger charge is -2.29. The van der Waals surface area contributed by atoms with Crippen LogP contribution in [0, 0.1) is 0 Å². The molecule has 1 saturated carbocycles. The van der Waals surface area contributed by atoms with Crippen molar-refractivity contribution in [1.29, 1.82) is 0 Å². The molecule has 84 valence electrons. The van der Waals surface area contributed by atoms with Gasteiger partial charge in [0.2, 0.25) is 0 Å². The maximum absolute atomic E-state index is 5.89. The second kappa shape index (κ2) is 4.81. The van der Waals surface area contributed by atoms with Crippen molar-refractivity contribution in [3.63, 3.8) is 0 Å². The lowest BCUT2D eigenvalue weighted by atomic mass is 9.91. The first-order valence-electron chi connectivity index (χ1n) is 5.90. The predicted molar refractivity (Wildman–Crippen MR) is 62.6 cm³/mol. The first-order chi connectivity index (χ1) is 7.25. The zero-order chi connectivity index (χ0) is 10.7. The van der Waals surface area contributed by atoms with Crippen LogP contribution < -0.4 is 11.1 Å². The van der Waals surface area contributed by atoms with Crippen LogP contribution in [-0.2, 0) is 0 Å².